The Hall–Kier alpha value is -2.17. The average Bonchev–Trinajstić information content (AvgIpc) is 2.73. The molecule has 0 fully saturated rings. The molecular weight excluding hydrogens is 208 g/mol. The van der Waals surface area contributed by atoms with Crippen LogP contribution in [-0.4, -0.2) is 16.4 Å². The van der Waals surface area contributed by atoms with Gasteiger partial charge in [-0.3, -0.25) is 4.79 Å². The van der Waals surface area contributed by atoms with Crippen molar-refractivity contribution in [2.45, 2.75) is 13.5 Å². The molecule has 0 aliphatic heterocycles. The second-order valence-electron chi connectivity index (χ2n) is 3.21. The minimum atomic E-state index is 0.248. The maximum Gasteiger partial charge on any atom is 0.223 e. The number of aldehydes is 1. The highest BCUT2D eigenvalue weighted by Crippen LogP contribution is 2.12. The van der Waals surface area contributed by atoms with Crippen LogP contribution < -0.4 is 4.74 Å². The van der Waals surface area contributed by atoms with Crippen molar-refractivity contribution in [3.05, 3.63) is 41.5 Å². The summed E-state index contributed by atoms with van der Waals surface area (Å²) in [4.78, 5) is 14.4. The van der Waals surface area contributed by atoms with E-state index in [4.69, 9.17) is 9.26 Å². The van der Waals surface area contributed by atoms with Gasteiger partial charge in [-0.05, 0) is 24.3 Å². The van der Waals surface area contributed by atoms with Crippen molar-refractivity contribution in [1.82, 2.24) is 10.1 Å². The van der Waals surface area contributed by atoms with Crippen LogP contribution in [0.4, 0.5) is 0 Å². The summed E-state index contributed by atoms with van der Waals surface area (Å²) in [5.41, 5.74) is 0.614. The molecule has 0 aliphatic rings. The average molecular weight is 218 g/mol. The third-order valence-corrected chi connectivity index (χ3v) is 1.95. The van der Waals surface area contributed by atoms with Crippen LogP contribution in [0, 0.1) is 6.92 Å². The Morgan fingerprint density at radius 3 is 2.69 bits per heavy atom. The first kappa shape index (κ1) is 10.4. The van der Waals surface area contributed by atoms with Gasteiger partial charge < -0.3 is 9.26 Å². The van der Waals surface area contributed by atoms with Crippen LogP contribution >= 0.6 is 0 Å². The van der Waals surface area contributed by atoms with E-state index in [1.165, 1.54) is 0 Å². The summed E-state index contributed by atoms with van der Waals surface area (Å²) >= 11 is 0. The number of aromatic nitrogens is 2. The van der Waals surface area contributed by atoms with E-state index in [-0.39, 0.29) is 6.61 Å². The first-order valence-electron chi connectivity index (χ1n) is 4.75. The zero-order valence-electron chi connectivity index (χ0n) is 8.71. The van der Waals surface area contributed by atoms with Gasteiger partial charge in [-0.25, -0.2) is 0 Å². The van der Waals surface area contributed by atoms with Crippen molar-refractivity contribution in [3.8, 4) is 5.75 Å². The molecule has 82 valence electrons. The van der Waals surface area contributed by atoms with Gasteiger partial charge >= 0.3 is 0 Å². The number of benzene rings is 1. The lowest BCUT2D eigenvalue weighted by atomic mass is 10.2. The highest BCUT2D eigenvalue weighted by atomic mass is 16.5. The summed E-state index contributed by atoms with van der Waals surface area (Å²) in [5, 5.41) is 3.70. The Morgan fingerprint density at radius 1 is 1.38 bits per heavy atom. The Kier molecular flexibility index (Phi) is 2.95. The third-order valence-electron chi connectivity index (χ3n) is 1.95. The molecule has 0 aliphatic carbocycles. The van der Waals surface area contributed by atoms with E-state index in [0.29, 0.717) is 23.0 Å². The van der Waals surface area contributed by atoms with E-state index in [9.17, 15) is 4.79 Å². The van der Waals surface area contributed by atoms with E-state index < -0.39 is 0 Å². The molecule has 0 unspecified atom stereocenters. The molecule has 0 amide bonds. The maximum atomic E-state index is 10.4. The molecule has 0 spiro atoms. The lowest BCUT2D eigenvalue weighted by molar-refractivity contribution is 0.112. The maximum absolute atomic E-state index is 10.4. The summed E-state index contributed by atoms with van der Waals surface area (Å²) in [6.45, 7) is 1.97. The van der Waals surface area contributed by atoms with Gasteiger partial charge in [0.15, 0.2) is 6.61 Å². The number of rotatable bonds is 4. The first-order chi connectivity index (χ1) is 7.78. The number of carbonyl (C=O) groups is 1. The lowest BCUT2D eigenvalue weighted by Crippen LogP contribution is -1.97. The fourth-order valence-corrected chi connectivity index (χ4v) is 1.19. The van der Waals surface area contributed by atoms with Gasteiger partial charge in [0, 0.05) is 12.5 Å². The van der Waals surface area contributed by atoms with Gasteiger partial charge in [0.05, 0.1) is 0 Å². The summed E-state index contributed by atoms with van der Waals surface area (Å²) in [6.07, 6.45) is 0.784. The Bertz CT molecular complexity index is 476. The minimum Gasteiger partial charge on any atom is -0.485 e. The van der Waals surface area contributed by atoms with Gasteiger partial charge in [0.1, 0.15) is 12.0 Å². The Labute approximate surface area is 92.0 Å². The zero-order chi connectivity index (χ0) is 11.4. The van der Waals surface area contributed by atoms with Gasteiger partial charge in [0.2, 0.25) is 11.7 Å². The fourth-order valence-electron chi connectivity index (χ4n) is 1.19. The zero-order valence-corrected chi connectivity index (χ0v) is 8.71. The van der Waals surface area contributed by atoms with Gasteiger partial charge in [-0.2, -0.15) is 4.98 Å². The third kappa shape index (κ3) is 2.44. The quantitative estimate of drug-likeness (QED) is 0.731. The van der Waals surface area contributed by atoms with Crippen LogP contribution in [0.3, 0.4) is 0 Å². The van der Waals surface area contributed by atoms with Gasteiger partial charge in [-0.1, -0.05) is 5.16 Å². The van der Waals surface area contributed by atoms with Gasteiger partial charge in [-0.15, -0.1) is 0 Å². The van der Waals surface area contributed by atoms with E-state index in [1.54, 1.807) is 31.2 Å². The molecule has 0 atom stereocenters. The molecule has 0 radical (unpaired) electrons. The molecular formula is C11H10N2O3. The molecule has 1 aromatic carbocycles. The van der Waals surface area contributed by atoms with Crippen molar-refractivity contribution in [3.63, 3.8) is 0 Å². The molecule has 5 heteroatoms. The number of ether oxygens (including phenoxy) is 1. The smallest absolute Gasteiger partial charge is 0.223 e. The molecule has 0 saturated heterocycles. The number of carbonyl (C=O) groups excluding carboxylic acids is 1. The van der Waals surface area contributed by atoms with E-state index in [1.807, 2.05) is 0 Å². The van der Waals surface area contributed by atoms with Crippen LogP contribution in [0.25, 0.3) is 0 Å². The molecule has 2 rings (SSSR count). The molecule has 1 aromatic heterocycles. The number of aryl methyl sites for hydroxylation is 1. The van der Waals surface area contributed by atoms with E-state index in [2.05, 4.69) is 10.1 Å². The second kappa shape index (κ2) is 4.57. The predicted molar refractivity (Wildman–Crippen MR) is 55.2 cm³/mol. The van der Waals surface area contributed by atoms with Crippen molar-refractivity contribution in [2.75, 3.05) is 0 Å². The molecule has 0 saturated carbocycles. The molecule has 16 heavy (non-hydrogen) atoms. The number of hydrogen-bond donors (Lipinski definition) is 0. The standard InChI is InChI=1S/C11H10N2O3/c1-8-12-11(13-16-8)7-15-10-4-2-9(6-14)3-5-10/h2-6H,7H2,1H3. The summed E-state index contributed by atoms with van der Waals surface area (Å²) < 4.78 is 10.2. The summed E-state index contributed by atoms with van der Waals surface area (Å²) in [7, 11) is 0. The molecule has 1 heterocycles. The van der Waals surface area contributed by atoms with E-state index in [0.717, 1.165) is 6.29 Å². The van der Waals surface area contributed by atoms with Crippen molar-refractivity contribution in [2.24, 2.45) is 0 Å². The normalized spacial score (nSPS) is 10.1. The second-order valence-corrected chi connectivity index (χ2v) is 3.21. The van der Waals surface area contributed by atoms with Crippen molar-refractivity contribution in [1.29, 1.82) is 0 Å². The molecule has 2 aromatic rings. The van der Waals surface area contributed by atoms with Crippen LogP contribution in [0.2, 0.25) is 0 Å². The van der Waals surface area contributed by atoms with Gasteiger partial charge in [0.25, 0.3) is 0 Å². The van der Waals surface area contributed by atoms with Crippen molar-refractivity contribution < 1.29 is 14.1 Å². The fraction of sp³-hybridized carbons (Fsp3) is 0.182. The SMILES string of the molecule is Cc1nc(COc2ccc(C=O)cc2)no1. The number of nitrogens with zero attached hydrogens (tertiary/aromatic N) is 2. The Morgan fingerprint density at radius 2 is 2.12 bits per heavy atom. The molecule has 0 bridgehead atoms. The van der Waals surface area contributed by atoms with E-state index >= 15 is 0 Å². The largest absolute Gasteiger partial charge is 0.485 e. The van der Waals surface area contributed by atoms with Crippen LogP contribution in [0.5, 0.6) is 5.75 Å². The number of hydrogen-bond acceptors (Lipinski definition) is 5. The molecule has 5 nitrogen and oxygen atoms in total. The highest BCUT2D eigenvalue weighted by molar-refractivity contribution is 5.74. The highest BCUT2D eigenvalue weighted by Gasteiger charge is 2.02. The topological polar surface area (TPSA) is 65.2 Å². The summed E-state index contributed by atoms with van der Waals surface area (Å²) in [6, 6.07) is 6.81. The Balaban J connectivity index is 1.96. The lowest BCUT2D eigenvalue weighted by Gasteiger charge is -2.02. The first-order valence-corrected chi connectivity index (χ1v) is 4.75. The van der Waals surface area contributed by atoms with Crippen molar-refractivity contribution >= 4 is 6.29 Å². The monoisotopic (exact) mass is 218 g/mol. The van der Waals surface area contributed by atoms with Crippen LogP contribution in [0.1, 0.15) is 22.1 Å². The predicted octanol–water partition coefficient (Wildman–Crippen LogP) is 1.77. The minimum absolute atomic E-state index is 0.248. The van der Waals surface area contributed by atoms with Crippen LogP contribution in [0.15, 0.2) is 28.8 Å². The summed E-state index contributed by atoms with van der Waals surface area (Å²) in [5.74, 6) is 1.67. The molecule has 0 N–H and O–H groups in total. The van der Waals surface area contributed by atoms with Crippen LogP contribution in [-0.2, 0) is 6.61 Å².